The van der Waals surface area contributed by atoms with Crippen LogP contribution >= 0.6 is 0 Å². The number of hydrogen-bond acceptors (Lipinski definition) is 4. The first-order chi connectivity index (χ1) is 9.66. The number of hydrogen-bond donors (Lipinski definition) is 2. The van der Waals surface area contributed by atoms with Gasteiger partial charge in [0.05, 0.1) is 0 Å². The summed E-state index contributed by atoms with van der Waals surface area (Å²) in [4.78, 5) is 22.8. The highest BCUT2D eigenvalue weighted by atomic mass is 16.5. The average molecular weight is 279 g/mol. The molecule has 1 aliphatic heterocycles. The number of piperidine rings is 1. The van der Waals surface area contributed by atoms with Crippen LogP contribution in [0.25, 0.3) is 0 Å². The molecule has 0 aliphatic carbocycles. The van der Waals surface area contributed by atoms with E-state index in [0.717, 1.165) is 19.4 Å². The fourth-order valence-corrected chi connectivity index (χ4v) is 2.41. The number of pyridine rings is 1. The van der Waals surface area contributed by atoms with Gasteiger partial charge in [0, 0.05) is 18.8 Å². The molecule has 1 fully saturated rings. The first kappa shape index (κ1) is 14.6. The predicted octanol–water partition coefficient (Wildman–Crippen LogP) is 0.245. The first-order valence-corrected chi connectivity index (χ1v) is 7.01. The highest BCUT2D eigenvalue weighted by Gasteiger charge is 2.13. The van der Waals surface area contributed by atoms with Crippen LogP contribution in [-0.4, -0.2) is 29.7 Å². The van der Waals surface area contributed by atoms with Crippen molar-refractivity contribution in [3.63, 3.8) is 0 Å². The molecular formula is C14H21N3O3. The van der Waals surface area contributed by atoms with Crippen LogP contribution in [0.5, 0.6) is 5.75 Å². The van der Waals surface area contributed by atoms with Gasteiger partial charge in [0.25, 0.3) is 11.5 Å². The molecule has 1 unspecified atom stereocenters. The van der Waals surface area contributed by atoms with Crippen LogP contribution in [-0.2, 0) is 11.3 Å². The Morgan fingerprint density at radius 2 is 2.35 bits per heavy atom. The zero-order valence-corrected chi connectivity index (χ0v) is 11.5. The van der Waals surface area contributed by atoms with Crippen molar-refractivity contribution in [3.8, 4) is 5.75 Å². The highest BCUT2D eigenvalue weighted by Crippen LogP contribution is 2.11. The maximum atomic E-state index is 12.1. The molecular weight excluding hydrogens is 258 g/mol. The number of primary amides is 1. The lowest BCUT2D eigenvalue weighted by Gasteiger charge is -2.23. The zero-order valence-electron chi connectivity index (χ0n) is 11.5. The third kappa shape index (κ3) is 4.09. The molecule has 1 aliphatic rings. The number of aryl methyl sites for hydroxylation is 1. The summed E-state index contributed by atoms with van der Waals surface area (Å²) in [5.74, 6) is -0.422. The minimum Gasteiger partial charge on any atom is -0.478 e. The zero-order chi connectivity index (χ0) is 14.4. The normalized spacial score (nSPS) is 18.7. The Hall–Kier alpha value is -1.82. The molecule has 2 heterocycles. The number of carbonyl (C=O) groups excluding carboxylic acids is 1. The van der Waals surface area contributed by atoms with Gasteiger partial charge < -0.3 is 20.4 Å². The van der Waals surface area contributed by atoms with Crippen molar-refractivity contribution in [1.82, 2.24) is 9.88 Å². The Labute approximate surface area is 117 Å². The summed E-state index contributed by atoms with van der Waals surface area (Å²) in [6.07, 6.45) is 6.29. The van der Waals surface area contributed by atoms with E-state index in [-0.39, 0.29) is 17.9 Å². The largest absolute Gasteiger partial charge is 0.478 e. The van der Waals surface area contributed by atoms with E-state index >= 15 is 0 Å². The van der Waals surface area contributed by atoms with Gasteiger partial charge >= 0.3 is 0 Å². The second kappa shape index (κ2) is 7.09. The summed E-state index contributed by atoms with van der Waals surface area (Å²) >= 11 is 0. The van der Waals surface area contributed by atoms with Gasteiger partial charge in [0.15, 0.2) is 12.4 Å². The standard InChI is InChI=1S/C14H21N3O3/c15-13(18)10-20-12-5-3-8-17(14(12)19)9-6-11-4-1-2-7-16-11/h3,5,8,11,16H,1-2,4,6-7,9-10H2,(H2,15,18). The number of rotatable bonds is 6. The Morgan fingerprint density at radius 3 is 3.05 bits per heavy atom. The molecule has 0 radical (unpaired) electrons. The monoisotopic (exact) mass is 279 g/mol. The minimum atomic E-state index is -0.591. The molecule has 0 spiro atoms. The van der Waals surface area contributed by atoms with Crippen molar-refractivity contribution < 1.29 is 9.53 Å². The van der Waals surface area contributed by atoms with Crippen molar-refractivity contribution in [2.75, 3.05) is 13.2 Å². The van der Waals surface area contributed by atoms with Gasteiger partial charge in [-0.2, -0.15) is 0 Å². The van der Waals surface area contributed by atoms with E-state index in [1.165, 1.54) is 12.8 Å². The second-order valence-corrected chi connectivity index (χ2v) is 5.06. The topological polar surface area (TPSA) is 86.3 Å². The lowest BCUT2D eigenvalue weighted by Crippen LogP contribution is -2.35. The van der Waals surface area contributed by atoms with Crippen LogP contribution in [0.15, 0.2) is 23.1 Å². The third-order valence-electron chi connectivity index (χ3n) is 3.49. The molecule has 1 aromatic rings. The van der Waals surface area contributed by atoms with E-state index in [2.05, 4.69) is 5.32 Å². The molecule has 6 heteroatoms. The average Bonchev–Trinajstić information content (AvgIpc) is 2.46. The molecule has 1 aromatic heterocycles. The quantitative estimate of drug-likeness (QED) is 0.781. The van der Waals surface area contributed by atoms with Crippen LogP contribution in [0.4, 0.5) is 0 Å². The Balaban J connectivity index is 1.95. The van der Waals surface area contributed by atoms with E-state index in [4.69, 9.17) is 10.5 Å². The molecule has 20 heavy (non-hydrogen) atoms. The van der Waals surface area contributed by atoms with Crippen LogP contribution in [0, 0.1) is 0 Å². The van der Waals surface area contributed by atoms with Gasteiger partial charge in [-0.15, -0.1) is 0 Å². The highest BCUT2D eigenvalue weighted by molar-refractivity contribution is 5.75. The fraction of sp³-hybridized carbons (Fsp3) is 0.571. The fourth-order valence-electron chi connectivity index (χ4n) is 2.41. The Morgan fingerprint density at radius 1 is 1.50 bits per heavy atom. The van der Waals surface area contributed by atoms with Gasteiger partial charge in [-0.25, -0.2) is 0 Å². The second-order valence-electron chi connectivity index (χ2n) is 5.06. The van der Waals surface area contributed by atoms with Crippen molar-refractivity contribution >= 4 is 5.91 Å². The van der Waals surface area contributed by atoms with Gasteiger partial charge in [0.1, 0.15) is 0 Å². The number of nitrogens with two attached hydrogens (primary N) is 1. The van der Waals surface area contributed by atoms with Crippen LogP contribution in [0.2, 0.25) is 0 Å². The Kier molecular flexibility index (Phi) is 5.17. The predicted molar refractivity (Wildman–Crippen MR) is 75.7 cm³/mol. The lowest BCUT2D eigenvalue weighted by molar-refractivity contribution is -0.119. The van der Waals surface area contributed by atoms with E-state index in [9.17, 15) is 9.59 Å². The molecule has 1 saturated heterocycles. The summed E-state index contributed by atoms with van der Waals surface area (Å²) in [6.45, 7) is 1.43. The molecule has 0 bridgehead atoms. The summed E-state index contributed by atoms with van der Waals surface area (Å²) in [5, 5.41) is 3.46. The van der Waals surface area contributed by atoms with E-state index in [0.29, 0.717) is 12.6 Å². The van der Waals surface area contributed by atoms with Gasteiger partial charge in [-0.05, 0) is 37.9 Å². The molecule has 0 aromatic carbocycles. The number of nitrogens with one attached hydrogen (secondary N) is 1. The maximum absolute atomic E-state index is 12.1. The molecule has 2 rings (SSSR count). The van der Waals surface area contributed by atoms with Crippen molar-refractivity contribution in [2.24, 2.45) is 5.73 Å². The van der Waals surface area contributed by atoms with Crippen molar-refractivity contribution in [2.45, 2.75) is 38.3 Å². The maximum Gasteiger partial charge on any atom is 0.292 e. The lowest BCUT2D eigenvalue weighted by atomic mass is 10.0. The molecule has 1 atom stereocenters. The number of ether oxygens (including phenoxy) is 1. The third-order valence-corrected chi connectivity index (χ3v) is 3.49. The number of amides is 1. The minimum absolute atomic E-state index is 0.169. The smallest absolute Gasteiger partial charge is 0.292 e. The SMILES string of the molecule is NC(=O)COc1cccn(CCC2CCCCN2)c1=O. The molecule has 6 nitrogen and oxygen atoms in total. The van der Waals surface area contributed by atoms with E-state index < -0.39 is 5.91 Å². The summed E-state index contributed by atoms with van der Waals surface area (Å²) in [5.41, 5.74) is 4.79. The van der Waals surface area contributed by atoms with Crippen molar-refractivity contribution in [1.29, 1.82) is 0 Å². The summed E-state index contributed by atoms with van der Waals surface area (Å²) in [7, 11) is 0. The van der Waals surface area contributed by atoms with Crippen LogP contribution < -0.4 is 21.3 Å². The van der Waals surface area contributed by atoms with Crippen LogP contribution in [0.3, 0.4) is 0 Å². The molecule has 110 valence electrons. The summed E-state index contributed by atoms with van der Waals surface area (Å²) < 4.78 is 6.72. The first-order valence-electron chi connectivity index (χ1n) is 7.01. The van der Waals surface area contributed by atoms with Gasteiger partial charge in [-0.1, -0.05) is 6.42 Å². The number of aromatic nitrogens is 1. The van der Waals surface area contributed by atoms with Crippen molar-refractivity contribution in [3.05, 3.63) is 28.7 Å². The molecule has 3 N–H and O–H groups in total. The van der Waals surface area contributed by atoms with E-state index in [1.807, 2.05) is 0 Å². The number of nitrogens with zero attached hydrogens (tertiary/aromatic N) is 1. The number of carbonyl (C=O) groups is 1. The molecule has 1 amide bonds. The molecule has 0 saturated carbocycles. The Bertz CT molecular complexity index is 507. The van der Waals surface area contributed by atoms with Crippen LogP contribution in [0.1, 0.15) is 25.7 Å². The van der Waals surface area contributed by atoms with Gasteiger partial charge in [-0.3, -0.25) is 9.59 Å². The van der Waals surface area contributed by atoms with Gasteiger partial charge in [0.2, 0.25) is 0 Å². The summed E-state index contributed by atoms with van der Waals surface area (Å²) in [6, 6.07) is 3.78. The van der Waals surface area contributed by atoms with E-state index in [1.54, 1.807) is 22.9 Å².